The van der Waals surface area contributed by atoms with Crippen LogP contribution in [0.25, 0.3) is 0 Å². The van der Waals surface area contributed by atoms with Crippen molar-refractivity contribution in [3.05, 3.63) is 47.8 Å². The molecular formula is C26H31FN4O6. The second-order valence-corrected chi connectivity index (χ2v) is 8.50. The lowest BCUT2D eigenvalue weighted by Gasteiger charge is -2.39. The number of para-hydroxylation sites is 1. The molecule has 1 amide bonds. The van der Waals surface area contributed by atoms with E-state index >= 15 is 0 Å². The van der Waals surface area contributed by atoms with Crippen molar-refractivity contribution in [2.45, 2.75) is 13.0 Å². The molecule has 2 atom stereocenters. The molecule has 0 aromatic heterocycles. The fraction of sp³-hybridized carbons (Fsp3) is 0.423. The number of anilines is 1. The number of piperazine rings is 1. The quantitative estimate of drug-likeness (QED) is 0.444. The third kappa shape index (κ3) is 5.25. The highest BCUT2D eigenvalue weighted by molar-refractivity contribution is 6.08. The van der Waals surface area contributed by atoms with Crippen LogP contribution in [0.4, 0.5) is 10.1 Å². The molecule has 2 aromatic carbocycles. The van der Waals surface area contributed by atoms with E-state index in [4.69, 9.17) is 23.9 Å². The third-order valence-corrected chi connectivity index (χ3v) is 6.44. The van der Waals surface area contributed by atoms with E-state index in [1.807, 2.05) is 9.80 Å². The van der Waals surface area contributed by atoms with Crippen molar-refractivity contribution in [3.63, 3.8) is 0 Å². The molecule has 2 aliphatic rings. The maximum atomic E-state index is 14.3. The number of nitrogens with one attached hydrogen (secondary N) is 1. The Kier molecular flexibility index (Phi) is 8.00. The Hall–Kier alpha value is -4.02. The predicted octanol–water partition coefficient (Wildman–Crippen LogP) is 2.38. The van der Waals surface area contributed by atoms with Gasteiger partial charge < -0.3 is 28.7 Å². The average molecular weight is 515 g/mol. The van der Waals surface area contributed by atoms with Gasteiger partial charge in [0.25, 0.3) is 0 Å². The summed E-state index contributed by atoms with van der Waals surface area (Å²) in [5, 5.41) is 2.78. The number of hydrogen-bond acceptors (Lipinski definition) is 9. The Morgan fingerprint density at radius 3 is 2.22 bits per heavy atom. The Morgan fingerprint density at radius 1 is 1.03 bits per heavy atom. The van der Waals surface area contributed by atoms with E-state index in [0.717, 1.165) is 0 Å². The van der Waals surface area contributed by atoms with Crippen molar-refractivity contribution in [3.8, 4) is 17.2 Å². The Labute approximate surface area is 214 Å². The monoisotopic (exact) mass is 514 g/mol. The molecule has 2 aliphatic heterocycles. The van der Waals surface area contributed by atoms with Gasteiger partial charge in [0.2, 0.25) is 17.6 Å². The first kappa shape index (κ1) is 26.1. The normalized spacial score (nSPS) is 19.6. The van der Waals surface area contributed by atoms with Crippen LogP contribution in [0.2, 0.25) is 0 Å². The zero-order valence-electron chi connectivity index (χ0n) is 21.3. The van der Waals surface area contributed by atoms with Crippen LogP contribution in [-0.2, 0) is 14.3 Å². The van der Waals surface area contributed by atoms with E-state index in [9.17, 15) is 14.0 Å². The molecule has 37 heavy (non-hydrogen) atoms. The number of halogens is 1. The molecule has 1 saturated heterocycles. The largest absolute Gasteiger partial charge is 0.493 e. The van der Waals surface area contributed by atoms with Crippen LogP contribution in [0.1, 0.15) is 18.5 Å². The van der Waals surface area contributed by atoms with Crippen molar-refractivity contribution in [2.24, 2.45) is 10.9 Å². The summed E-state index contributed by atoms with van der Waals surface area (Å²) >= 11 is 0. The van der Waals surface area contributed by atoms with E-state index in [0.29, 0.717) is 60.6 Å². The molecule has 11 heteroatoms. The smallest absolute Gasteiger partial charge is 0.321 e. The molecule has 1 fully saturated rings. The lowest BCUT2D eigenvalue weighted by molar-refractivity contribution is -0.153. The van der Waals surface area contributed by atoms with Crippen molar-refractivity contribution in [1.29, 1.82) is 0 Å². The molecule has 0 bridgehead atoms. The summed E-state index contributed by atoms with van der Waals surface area (Å²) in [7, 11) is 4.47. The van der Waals surface area contributed by atoms with Crippen molar-refractivity contribution in [1.82, 2.24) is 10.2 Å². The van der Waals surface area contributed by atoms with Gasteiger partial charge in [0, 0.05) is 26.2 Å². The molecule has 0 saturated carbocycles. The van der Waals surface area contributed by atoms with E-state index in [1.54, 1.807) is 37.3 Å². The van der Waals surface area contributed by atoms with Crippen LogP contribution in [-0.4, -0.2) is 76.9 Å². The Balaban J connectivity index is 1.67. The summed E-state index contributed by atoms with van der Waals surface area (Å²) in [6.45, 7) is 3.87. The summed E-state index contributed by atoms with van der Waals surface area (Å²) in [4.78, 5) is 34.8. The van der Waals surface area contributed by atoms with Gasteiger partial charge in [-0.15, -0.1) is 0 Å². The maximum Gasteiger partial charge on any atom is 0.321 e. The fourth-order valence-electron chi connectivity index (χ4n) is 4.61. The first-order valence-electron chi connectivity index (χ1n) is 12.0. The second-order valence-electron chi connectivity index (χ2n) is 8.50. The summed E-state index contributed by atoms with van der Waals surface area (Å²) in [5.41, 5.74) is 1.07. The predicted molar refractivity (Wildman–Crippen MR) is 135 cm³/mol. The highest BCUT2D eigenvalue weighted by Gasteiger charge is 2.43. The van der Waals surface area contributed by atoms with Crippen LogP contribution in [0, 0.1) is 11.7 Å². The molecule has 0 unspecified atom stereocenters. The molecule has 4 rings (SSSR count). The molecule has 0 spiro atoms. The van der Waals surface area contributed by atoms with Crippen LogP contribution in [0.3, 0.4) is 0 Å². The molecule has 0 radical (unpaired) electrons. The molecule has 2 aromatic rings. The number of guanidine groups is 1. The van der Waals surface area contributed by atoms with Gasteiger partial charge >= 0.3 is 5.97 Å². The summed E-state index contributed by atoms with van der Waals surface area (Å²) in [6.07, 6.45) is 0. The summed E-state index contributed by atoms with van der Waals surface area (Å²) in [6, 6.07) is 9.10. The lowest BCUT2D eigenvalue weighted by Crippen LogP contribution is -2.57. The van der Waals surface area contributed by atoms with Gasteiger partial charge in [0.1, 0.15) is 11.9 Å². The Morgan fingerprint density at radius 2 is 1.65 bits per heavy atom. The number of benzene rings is 2. The molecule has 10 nitrogen and oxygen atoms in total. The number of nitrogens with zero attached hydrogens (tertiary/aromatic N) is 3. The molecular weight excluding hydrogens is 483 g/mol. The highest BCUT2D eigenvalue weighted by Crippen LogP contribution is 2.42. The minimum Gasteiger partial charge on any atom is -0.493 e. The number of carbonyl (C=O) groups excluding carboxylic acids is 2. The van der Waals surface area contributed by atoms with E-state index in [2.05, 4.69) is 5.32 Å². The standard InChI is InChI=1S/C26H31FN4O6/c1-5-37-25(33)21-22(16-14-19(34-2)23(36-4)20(15-16)35-3)28-26(29-24(21)32)31-12-10-30(11-13-31)18-9-7-6-8-17(18)27/h6-9,14-15,21-22H,5,10-13H2,1-4H3,(H,28,29,32)/t21-,22+/m1/s1. The number of amides is 1. The third-order valence-electron chi connectivity index (χ3n) is 6.44. The van der Waals surface area contributed by atoms with Gasteiger partial charge in [-0.2, -0.15) is 0 Å². The zero-order chi connectivity index (χ0) is 26.5. The molecule has 1 N–H and O–H groups in total. The van der Waals surface area contributed by atoms with Crippen LogP contribution in [0.15, 0.2) is 41.4 Å². The van der Waals surface area contributed by atoms with Crippen LogP contribution in [0.5, 0.6) is 17.2 Å². The van der Waals surface area contributed by atoms with E-state index < -0.39 is 23.8 Å². The second kappa shape index (κ2) is 11.4. The summed E-state index contributed by atoms with van der Waals surface area (Å²) < 4.78 is 35.8. The lowest BCUT2D eigenvalue weighted by atomic mass is 9.90. The van der Waals surface area contributed by atoms with Crippen molar-refractivity contribution >= 4 is 23.5 Å². The van der Waals surface area contributed by atoms with Gasteiger partial charge in [0.05, 0.1) is 33.6 Å². The van der Waals surface area contributed by atoms with E-state index in [-0.39, 0.29) is 12.4 Å². The number of methoxy groups -OCH3 is 3. The molecule has 0 aliphatic carbocycles. The van der Waals surface area contributed by atoms with Gasteiger partial charge in [-0.25, -0.2) is 9.38 Å². The molecule has 2 heterocycles. The van der Waals surface area contributed by atoms with Gasteiger partial charge in [-0.05, 0) is 36.8 Å². The van der Waals surface area contributed by atoms with Crippen LogP contribution >= 0.6 is 0 Å². The van der Waals surface area contributed by atoms with Crippen molar-refractivity contribution < 1.29 is 32.9 Å². The SMILES string of the molecule is CCOC(=O)[C@H]1C(=O)NC(N2CCN(c3ccccc3F)CC2)=N[C@H]1c1cc(OC)c(OC)c(OC)c1. The minimum atomic E-state index is -1.20. The number of hydrogen-bond donors (Lipinski definition) is 1. The minimum absolute atomic E-state index is 0.124. The van der Waals surface area contributed by atoms with Crippen molar-refractivity contribution in [2.75, 3.05) is 59.0 Å². The first-order valence-corrected chi connectivity index (χ1v) is 12.0. The van der Waals surface area contributed by atoms with Crippen LogP contribution < -0.4 is 24.4 Å². The van der Waals surface area contributed by atoms with Gasteiger partial charge in [-0.1, -0.05) is 12.1 Å². The van der Waals surface area contributed by atoms with Gasteiger partial charge in [-0.3, -0.25) is 14.9 Å². The first-order chi connectivity index (χ1) is 17.9. The number of rotatable bonds is 7. The number of ether oxygens (including phenoxy) is 4. The molecule has 198 valence electrons. The topological polar surface area (TPSA) is 102 Å². The fourth-order valence-corrected chi connectivity index (χ4v) is 4.61. The number of aliphatic imine (C=N–C) groups is 1. The average Bonchev–Trinajstić information content (AvgIpc) is 2.92. The Bertz CT molecular complexity index is 1160. The number of esters is 1. The number of carbonyl (C=O) groups is 2. The highest BCUT2D eigenvalue weighted by atomic mass is 19.1. The van der Waals surface area contributed by atoms with Gasteiger partial charge in [0.15, 0.2) is 17.4 Å². The maximum absolute atomic E-state index is 14.3. The van der Waals surface area contributed by atoms with E-state index in [1.165, 1.54) is 27.4 Å². The zero-order valence-corrected chi connectivity index (χ0v) is 21.3. The summed E-state index contributed by atoms with van der Waals surface area (Å²) in [5.74, 6) is -1.19.